The SMILES string of the molecule is COc1ccc(CNC(=O)CN2C[C@H](C)O[C@@H](C)C2)cc1. The highest BCUT2D eigenvalue weighted by molar-refractivity contribution is 5.78. The first-order valence-corrected chi connectivity index (χ1v) is 7.34. The summed E-state index contributed by atoms with van der Waals surface area (Å²) in [6.45, 7) is 6.66. The number of morpholine rings is 1. The topological polar surface area (TPSA) is 50.8 Å². The summed E-state index contributed by atoms with van der Waals surface area (Å²) in [5.74, 6) is 0.869. The third-order valence-corrected chi connectivity index (χ3v) is 3.51. The average molecular weight is 292 g/mol. The van der Waals surface area contributed by atoms with E-state index in [-0.39, 0.29) is 18.1 Å². The van der Waals surface area contributed by atoms with Crippen LogP contribution in [0.5, 0.6) is 5.75 Å². The maximum atomic E-state index is 12.0. The lowest BCUT2D eigenvalue weighted by Crippen LogP contribution is -2.49. The summed E-state index contributed by atoms with van der Waals surface area (Å²) in [4.78, 5) is 14.1. The molecular weight excluding hydrogens is 268 g/mol. The van der Waals surface area contributed by atoms with E-state index in [4.69, 9.17) is 9.47 Å². The van der Waals surface area contributed by atoms with Crippen molar-refractivity contribution >= 4 is 5.91 Å². The number of hydrogen-bond donors (Lipinski definition) is 1. The van der Waals surface area contributed by atoms with Crippen LogP contribution in [0.3, 0.4) is 0 Å². The highest BCUT2D eigenvalue weighted by atomic mass is 16.5. The van der Waals surface area contributed by atoms with Crippen LogP contribution in [0.1, 0.15) is 19.4 Å². The maximum absolute atomic E-state index is 12.0. The minimum atomic E-state index is 0.0483. The molecule has 1 amide bonds. The van der Waals surface area contributed by atoms with Crippen LogP contribution in [-0.2, 0) is 16.1 Å². The molecule has 1 aliphatic heterocycles. The van der Waals surface area contributed by atoms with Gasteiger partial charge in [0.05, 0.1) is 25.9 Å². The lowest BCUT2D eigenvalue weighted by atomic mass is 10.2. The molecule has 1 aromatic carbocycles. The average Bonchev–Trinajstić information content (AvgIpc) is 2.44. The van der Waals surface area contributed by atoms with Crippen molar-refractivity contribution in [2.45, 2.75) is 32.6 Å². The molecule has 0 radical (unpaired) electrons. The van der Waals surface area contributed by atoms with E-state index in [0.717, 1.165) is 24.4 Å². The van der Waals surface area contributed by atoms with Crippen LogP contribution in [0.25, 0.3) is 0 Å². The molecule has 5 nitrogen and oxygen atoms in total. The van der Waals surface area contributed by atoms with Gasteiger partial charge in [-0.15, -0.1) is 0 Å². The number of rotatable bonds is 5. The van der Waals surface area contributed by atoms with Crippen LogP contribution in [0.15, 0.2) is 24.3 Å². The Morgan fingerprint density at radius 3 is 2.48 bits per heavy atom. The first-order valence-electron chi connectivity index (χ1n) is 7.34. The zero-order chi connectivity index (χ0) is 15.2. The van der Waals surface area contributed by atoms with E-state index in [1.807, 2.05) is 38.1 Å². The second kappa shape index (κ2) is 7.43. The molecule has 0 aliphatic carbocycles. The number of benzene rings is 1. The summed E-state index contributed by atoms with van der Waals surface area (Å²) in [6, 6.07) is 7.70. The summed E-state index contributed by atoms with van der Waals surface area (Å²) in [5.41, 5.74) is 1.06. The smallest absolute Gasteiger partial charge is 0.234 e. The maximum Gasteiger partial charge on any atom is 0.234 e. The number of carbonyl (C=O) groups excluding carboxylic acids is 1. The zero-order valence-corrected chi connectivity index (χ0v) is 13.0. The molecule has 116 valence electrons. The van der Waals surface area contributed by atoms with Gasteiger partial charge in [0.2, 0.25) is 5.91 Å². The molecule has 0 unspecified atom stereocenters. The van der Waals surface area contributed by atoms with Gasteiger partial charge < -0.3 is 14.8 Å². The van der Waals surface area contributed by atoms with Crippen molar-refractivity contribution in [2.75, 3.05) is 26.7 Å². The lowest BCUT2D eigenvalue weighted by molar-refractivity contribution is -0.126. The fraction of sp³-hybridized carbons (Fsp3) is 0.562. The van der Waals surface area contributed by atoms with Gasteiger partial charge in [0.1, 0.15) is 5.75 Å². The van der Waals surface area contributed by atoms with Crippen molar-refractivity contribution in [3.63, 3.8) is 0 Å². The molecule has 1 N–H and O–H groups in total. The van der Waals surface area contributed by atoms with Crippen LogP contribution in [0.2, 0.25) is 0 Å². The van der Waals surface area contributed by atoms with Gasteiger partial charge in [-0.3, -0.25) is 9.69 Å². The van der Waals surface area contributed by atoms with Crippen molar-refractivity contribution in [3.8, 4) is 5.75 Å². The molecule has 0 saturated carbocycles. The minimum Gasteiger partial charge on any atom is -0.497 e. The summed E-state index contributed by atoms with van der Waals surface area (Å²) < 4.78 is 10.8. The molecule has 21 heavy (non-hydrogen) atoms. The van der Waals surface area contributed by atoms with Gasteiger partial charge in [-0.25, -0.2) is 0 Å². The number of nitrogens with zero attached hydrogens (tertiary/aromatic N) is 1. The summed E-state index contributed by atoms with van der Waals surface area (Å²) in [5, 5.41) is 2.95. The number of methoxy groups -OCH3 is 1. The van der Waals surface area contributed by atoms with Crippen LogP contribution in [0, 0.1) is 0 Å². The number of ether oxygens (including phenoxy) is 2. The van der Waals surface area contributed by atoms with Gasteiger partial charge in [-0.2, -0.15) is 0 Å². The second-order valence-corrected chi connectivity index (χ2v) is 5.58. The van der Waals surface area contributed by atoms with Crippen LogP contribution >= 0.6 is 0 Å². The Balaban J connectivity index is 1.76. The first-order chi connectivity index (χ1) is 10.1. The monoisotopic (exact) mass is 292 g/mol. The van der Waals surface area contributed by atoms with Gasteiger partial charge in [0, 0.05) is 19.6 Å². The van der Waals surface area contributed by atoms with E-state index < -0.39 is 0 Å². The highest BCUT2D eigenvalue weighted by Gasteiger charge is 2.23. The molecule has 2 rings (SSSR count). The highest BCUT2D eigenvalue weighted by Crippen LogP contribution is 2.11. The summed E-state index contributed by atoms with van der Waals surface area (Å²) >= 11 is 0. The van der Waals surface area contributed by atoms with Crippen LogP contribution in [0.4, 0.5) is 0 Å². The molecule has 1 aliphatic rings. The van der Waals surface area contributed by atoms with Gasteiger partial charge in [0.25, 0.3) is 0 Å². The van der Waals surface area contributed by atoms with Crippen molar-refractivity contribution in [1.29, 1.82) is 0 Å². The number of carbonyl (C=O) groups is 1. The summed E-state index contributed by atoms with van der Waals surface area (Å²) in [7, 11) is 1.64. The summed E-state index contributed by atoms with van der Waals surface area (Å²) in [6.07, 6.45) is 0.367. The molecule has 1 fully saturated rings. The Labute approximate surface area is 126 Å². The molecule has 0 aromatic heterocycles. The third-order valence-electron chi connectivity index (χ3n) is 3.51. The van der Waals surface area contributed by atoms with E-state index >= 15 is 0 Å². The predicted octanol–water partition coefficient (Wildman–Crippen LogP) is 1.42. The van der Waals surface area contributed by atoms with Crippen LogP contribution in [-0.4, -0.2) is 49.8 Å². The predicted molar refractivity (Wildman–Crippen MR) is 81.3 cm³/mol. The van der Waals surface area contributed by atoms with E-state index in [0.29, 0.717) is 13.1 Å². The van der Waals surface area contributed by atoms with Crippen molar-refractivity contribution in [2.24, 2.45) is 0 Å². The largest absolute Gasteiger partial charge is 0.497 e. The Hall–Kier alpha value is -1.59. The van der Waals surface area contributed by atoms with Crippen molar-refractivity contribution in [1.82, 2.24) is 10.2 Å². The lowest BCUT2D eigenvalue weighted by Gasteiger charge is -2.34. The van der Waals surface area contributed by atoms with Gasteiger partial charge in [0.15, 0.2) is 0 Å². The Kier molecular flexibility index (Phi) is 5.59. The van der Waals surface area contributed by atoms with Crippen molar-refractivity contribution < 1.29 is 14.3 Å². The standard InChI is InChI=1S/C16H24N2O3/c1-12-9-18(10-13(2)21-12)11-16(19)17-8-14-4-6-15(20-3)7-5-14/h4-7,12-13H,8-11H2,1-3H3,(H,17,19)/t12-,13-/m0/s1. The molecule has 1 aromatic rings. The molecule has 0 spiro atoms. The van der Waals surface area contributed by atoms with E-state index in [9.17, 15) is 4.79 Å². The minimum absolute atomic E-state index is 0.0483. The van der Waals surface area contributed by atoms with E-state index in [1.165, 1.54) is 0 Å². The van der Waals surface area contributed by atoms with E-state index in [1.54, 1.807) is 7.11 Å². The van der Waals surface area contributed by atoms with E-state index in [2.05, 4.69) is 10.2 Å². The molecule has 5 heteroatoms. The Morgan fingerprint density at radius 1 is 1.29 bits per heavy atom. The molecule has 1 heterocycles. The molecule has 0 bridgehead atoms. The number of nitrogens with one attached hydrogen (secondary N) is 1. The Bertz CT molecular complexity index is 451. The molecule has 2 atom stereocenters. The fourth-order valence-electron chi connectivity index (χ4n) is 2.62. The quantitative estimate of drug-likeness (QED) is 0.892. The molecular formula is C16H24N2O3. The van der Waals surface area contributed by atoms with Gasteiger partial charge in [-0.05, 0) is 31.5 Å². The number of hydrogen-bond acceptors (Lipinski definition) is 4. The normalized spacial score (nSPS) is 22.8. The second-order valence-electron chi connectivity index (χ2n) is 5.58. The Morgan fingerprint density at radius 2 is 1.90 bits per heavy atom. The third kappa shape index (κ3) is 5.02. The van der Waals surface area contributed by atoms with Gasteiger partial charge in [-0.1, -0.05) is 12.1 Å². The first kappa shape index (κ1) is 15.8. The van der Waals surface area contributed by atoms with Gasteiger partial charge >= 0.3 is 0 Å². The molecule has 1 saturated heterocycles. The van der Waals surface area contributed by atoms with Crippen LogP contribution < -0.4 is 10.1 Å². The zero-order valence-electron chi connectivity index (χ0n) is 13.0. The number of amides is 1. The van der Waals surface area contributed by atoms with Crippen molar-refractivity contribution in [3.05, 3.63) is 29.8 Å². The fourth-order valence-corrected chi connectivity index (χ4v) is 2.62.